The van der Waals surface area contributed by atoms with E-state index in [1.165, 1.54) is 12.1 Å². The SMILES string of the molecule is [N]S(=O)(=O)c1ccccc1. The summed E-state index contributed by atoms with van der Waals surface area (Å²) in [6.07, 6.45) is 0. The highest BCUT2D eigenvalue weighted by atomic mass is 32.2. The third-order valence-electron chi connectivity index (χ3n) is 1.04. The molecule has 0 amide bonds. The lowest BCUT2D eigenvalue weighted by Crippen LogP contribution is -1.99. The van der Waals surface area contributed by atoms with Crippen molar-refractivity contribution in [2.75, 3.05) is 0 Å². The van der Waals surface area contributed by atoms with Crippen molar-refractivity contribution >= 4 is 10.0 Å². The Morgan fingerprint density at radius 2 is 1.60 bits per heavy atom. The van der Waals surface area contributed by atoms with Crippen LogP contribution >= 0.6 is 0 Å². The Hall–Kier alpha value is -0.870. The van der Waals surface area contributed by atoms with Gasteiger partial charge in [0.15, 0.2) is 0 Å². The van der Waals surface area contributed by atoms with E-state index in [1.807, 2.05) is 0 Å². The van der Waals surface area contributed by atoms with Crippen molar-refractivity contribution in [3.05, 3.63) is 30.3 Å². The molecule has 52 valence electrons. The minimum absolute atomic E-state index is 0.0741. The van der Waals surface area contributed by atoms with Crippen molar-refractivity contribution in [3.63, 3.8) is 0 Å². The van der Waals surface area contributed by atoms with Crippen molar-refractivity contribution in [1.82, 2.24) is 5.14 Å². The summed E-state index contributed by atoms with van der Waals surface area (Å²) < 4.78 is 20.8. The molecule has 0 unspecified atom stereocenters. The lowest BCUT2D eigenvalue weighted by Gasteiger charge is -1.90. The minimum Gasteiger partial charge on any atom is -0.204 e. The second-order valence-corrected chi connectivity index (χ2v) is 3.21. The molecule has 3 nitrogen and oxygen atoms in total. The van der Waals surface area contributed by atoms with E-state index in [0.29, 0.717) is 0 Å². The standard InChI is InChI=1S/C6H5NO2S/c7-10(8,9)6-4-2-1-3-5-6/h1-5H. The average molecular weight is 155 g/mol. The summed E-state index contributed by atoms with van der Waals surface area (Å²) in [6, 6.07) is 7.42. The molecule has 0 aliphatic carbocycles. The van der Waals surface area contributed by atoms with Gasteiger partial charge >= 0.3 is 0 Å². The van der Waals surface area contributed by atoms with Crippen molar-refractivity contribution in [2.45, 2.75) is 4.90 Å². The minimum atomic E-state index is -4.00. The molecule has 1 aromatic rings. The molecule has 1 aromatic carbocycles. The number of hydrogen-bond donors (Lipinski definition) is 0. The lowest BCUT2D eigenvalue weighted by molar-refractivity contribution is 0.596. The van der Waals surface area contributed by atoms with Gasteiger partial charge in [-0.05, 0) is 12.1 Å². The summed E-state index contributed by atoms with van der Waals surface area (Å²) >= 11 is 0. The fraction of sp³-hybridized carbons (Fsp3) is 0. The van der Waals surface area contributed by atoms with Gasteiger partial charge in [0.25, 0.3) is 10.0 Å². The van der Waals surface area contributed by atoms with E-state index in [1.54, 1.807) is 18.2 Å². The van der Waals surface area contributed by atoms with Gasteiger partial charge in [0, 0.05) is 5.14 Å². The van der Waals surface area contributed by atoms with Gasteiger partial charge in [-0.15, -0.1) is 0 Å². The summed E-state index contributed by atoms with van der Waals surface area (Å²) in [7, 11) is -4.00. The van der Waals surface area contributed by atoms with Crippen molar-refractivity contribution in [1.29, 1.82) is 0 Å². The molecule has 0 N–H and O–H groups in total. The predicted molar refractivity (Wildman–Crippen MR) is 35.8 cm³/mol. The van der Waals surface area contributed by atoms with E-state index in [4.69, 9.17) is 5.14 Å². The van der Waals surface area contributed by atoms with E-state index < -0.39 is 10.0 Å². The van der Waals surface area contributed by atoms with E-state index in [-0.39, 0.29) is 4.90 Å². The van der Waals surface area contributed by atoms with E-state index in [0.717, 1.165) is 0 Å². The fourth-order valence-electron chi connectivity index (χ4n) is 0.592. The second kappa shape index (κ2) is 2.40. The third kappa shape index (κ3) is 1.55. The van der Waals surface area contributed by atoms with Crippen molar-refractivity contribution in [2.24, 2.45) is 0 Å². The molecule has 10 heavy (non-hydrogen) atoms. The average Bonchev–Trinajstić information content (AvgIpc) is 1.88. The zero-order chi connectivity index (χ0) is 7.61. The molecule has 0 fully saturated rings. The maximum Gasteiger partial charge on any atom is 0.273 e. The smallest absolute Gasteiger partial charge is 0.204 e. The number of sulfonamides is 1. The van der Waals surface area contributed by atoms with Gasteiger partial charge in [0.1, 0.15) is 0 Å². The van der Waals surface area contributed by atoms with Crippen molar-refractivity contribution < 1.29 is 8.42 Å². The van der Waals surface area contributed by atoms with Gasteiger partial charge in [-0.3, -0.25) is 0 Å². The molecule has 4 heteroatoms. The maximum absolute atomic E-state index is 10.4. The summed E-state index contributed by atoms with van der Waals surface area (Å²) in [5, 5.41) is 8.46. The van der Waals surface area contributed by atoms with Crippen LogP contribution < -0.4 is 5.14 Å². The molecule has 2 radical (unpaired) electrons. The van der Waals surface area contributed by atoms with Crippen LogP contribution in [0.3, 0.4) is 0 Å². The van der Waals surface area contributed by atoms with E-state index in [9.17, 15) is 8.42 Å². The van der Waals surface area contributed by atoms with Crippen LogP contribution in [0.25, 0.3) is 0 Å². The quantitative estimate of drug-likeness (QED) is 0.591. The van der Waals surface area contributed by atoms with Gasteiger partial charge in [-0.25, -0.2) is 8.42 Å². The summed E-state index contributed by atoms with van der Waals surface area (Å²) in [5.41, 5.74) is 0. The van der Waals surface area contributed by atoms with Crippen LogP contribution in [0.4, 0.5) is 0 Å². The number of benzene rings is 1. The van der Waals surface area contributed by atoms with Crippen LogP contribution in [0.1, 0.15) is 0 Å². The van der Waals surface area contributed by atoms with Gasteiger partial charge in [-0.1, -0.05) is 18.2 Å². The fourth-order valence-corrected chi connectivity index (χ4v) is 1.09. The molecule has 0 saturated carbocycles. The Bertz CT molecular complexity index is 304. The number of nitrogens with zero attached hydrogens (tertiary/aromatic N) is 1. The molecule has 0 atom stereocenters. The van der Waals surface area contributed by atoms with Gasteiger partial charge < -0.3 is 0 Å². The maximum atomic E-state index is 10.4. The Kier molecular flexibility index (Phi) is 1.74. The van der Waals surface area contributed by atoms with Gasteiger partial charge in [0.05, 0.1) is 4.90 Å². The van der Waals surface area contributed by atoms with E-state index >= 15 is 0 Å². The van der Waals surface area contributed by atoms with Crippen LogP contribution in [0.5, 0.6) is 0 Å². The molecule has 0 spiro atoms. The highest BCUT2D eigenvalue weighted by Crippen LogP contribution is 2.04. The Labute approximate surface area is 59.5 Å². The normalized spacial score (nSPS) is 11.3. The van der Waals surface area contributed by atoms with Crippen LogP contribution in [0.15, 0.2) is 35.2 Å². The molecule has 0 bridgehead atoms. The number of rotatable bonds is 1. The summed E-state index contributed by atoms with van der Waals surface area (Å²) in [4.78, 5) is -0.0741. The van der Waals surface area contributed by atoms with Crippen LogP contribution in [0.2, 0.25) is 0 Å². The summed E-state index contributed by atoms with van der Waals surface area (Å²) in [6.45, 7) is 0. The molecule has 0 saturated heterocycles. The molecule has 1 rings (SSSR count). The largest absolute Gasteiger partial charge is 0.273 e. The molecular formula is C6H5NO2S. The first-order valence-electron chi connectivity index (χ1n) is 2.63. The highest BCUT2D eigenvalue weighted by molar-refractivity contribution is 7.88. The Morgan fingerprint density at radius 3 is 1.90 bits per heavy atom. The van der Waals surface area contributed by atoms with Crippen molar-refractivity contribution in [3.8, 4) is 0 Å². The predicted octanol–water partition coefficient (Wildman–Crippen LogP) is 0.444. The van der Waals surface area contributed by atoms with Crippen LogP contribution in [0, 0.1) is 0 Å². The second-order valence-electron chi connectivity index (χ2n) is 1.79. The van der Waals surface area contributed by atoms with E-state index in [2.05, 4.69) is 0 Å². The first-order valence-corrected chi connectivity index (χ1v) is 4.07. The zero-order valence-electron chi connectivity index (χ0n) is 5.06. The topological polar surface area (TPSA) is 56.4 Å². The molecule has 0 aromatic heterocycles. The Balaban J connectivity index is 3.22. The van der Waals surface area contributed by atoms with Crippen LogP contribution in [-0.4, -0.2) is 8.42 Å². The zero-order valence-corrected chi connectivity index (χ0v) is 5.88. The Morgan fingerprint density at radius 1 is 1.10 bits per heavy atom. The summed E-state index contributed by atoms with van der Waals surface area (Å²) in [5.74, 6) is 0. The molecule has 0 aliphatic heterocycles. The van der Waals surface area contributed by atoms with Crippen LogP contribution in [-0.2, 0) is 10.0 Å². The molecule has 0 aliphatic rings. The third-order valence-corrected chi connectivity index (χ3v) is 1.91. The number of hydrogen-bond acceptors (Lipinski definition) is 2. The first-order chi connectivity index (χ1) is 4.61. The monoisotopic (exact) mass is 155 g/mol. The van der Waals surface area contributed by atoms with Gasteiger partial charge in [0.2, 0.25) is 0 Å². The highest BCUT2D eigenvalue weighted by Gasteiger charge is 2.06. The lowest BCUT2D eigenvalue weighted by atomic mass is 10.4. The molecule has 0 heterocycles. The first kappa shape index (κ1) is 7.24. The molecular weight excluding hydrogens is 150 g/mol. The van der Waals surface area contributed by atoms with Gasteiger partial charge in [-0.2, -0.15) is 0 Å².